The highest BCUT2D eigenvalue weighted by Gasteiger charge is 2.35. The number of benzene rings is 3. The van der Waals surface area contributed by atoms with Gasteiger partial charge in [-0.3, -0.25) is 14.2 Å². The van der Waals surface area contributed by atoms with Crippen LogP contribution in [0.3, 0.4) is 0 Å². The van der Waals surface area contributed by atoms with E-state index in [0.29, 0.717) is 34.7 Å². The third kappa shape index (κ3) is 4.52. The minimum Gasteiger partial charge on any atom is -0.467 e. The summed E-state index contributed by atoms with van der Waals surface area (Å²) in [5.41, 5.74) is 4.17. The molecule has 5 rings (SSSR count). The van der Waals surface area contributed by atoms with E-state index >= 15 is 0 Å². The number of rotatable bonds is 5. The Balaban J connectivity index is 1.48. The monoisotopic (exact) mass is 499 g/mol. The van der Waals surface area contributed by atoms with Crippen molar-refractivity contribution in [1.82, 2.24) is 14.5 Å². The lowest BCUT2D eigenvalue weighted by Crippen LogP contribution is -2.49. The van der Waals surface area contributed by atoms with Crippen LogP contribution in [-0.4, -0.2) is 45.2 Å². The second-order valence-corrected chi connectivity index (χ2v) is 9.65. The summed E-state index contributed by atoms with van der Waals surface area (Å²) in [5, 5.41) is 0.926. The van der Waals surface area contributed by atoms with Gasteiger partial charge in [0.05, 0.1) is 29.5 Å². The molecule has 0 spiro atoms. The van der Waals surface area contributed by atoms with Crippen LogP contribution in [0, 0.1) is 6.92 Å². The van der Waals surface area contributed by atoms with Crippen molar-refractivity contribution < 1.29 is 14.3 Å². The SMILES string of the molecule is COC(=O)[C@H]1Cc2ccccc2CN1C(=O)CSc1nc2ccccc2c(=O)n1-c1ccc(C)cc1. The summed E-state index contributed by atoms with van der Waals surface area (Å²) in [6, 6.07) is 21.9. The smallest absolute Gasteiger partial charge is 0.328 e. The summed E-state index contributed by atoms with van der Waals surface area (Å²) < 4.78 is 6.55. The number of thioether (sulfide) groups is 1. The maximum absolute atomic E-state index is 13.5. The fourth-order valence-corrected chi connectivity index (χ4v) is 5.37. The Kier molecular flexibility index (Phi) is 6.61. The largest absolute Gasteiger partial charge is 0.467 e. The number of ether oxygens (including phenoxy) is 1. The number of methoxy groups -OCH3 is 1. The Bertz CT molecular complexity index is 1510. The fourth-order valence-electron chi connectivity index (χ4n) is 4.47. The molecular weight excluding hydrogens is 474 g/mol. The zero-order valence-corrected chi connectivity index (χ0v) is 20.8. The van der Waals surface area contributed by atoms with Crippen LogP contribution in [0.2, 0.25) is 0 Å². The minimum absolute atomic E-state index is 0.0201. The Labute approximate surface area is 212 Å². The van der Waals surface area contributed by atoms with E-state index in [-0.39, 0.29) is 17.2 Å². The normalized spacial score (nSPS) is 14.9. The van der Waals surface area contributed by atoms with Crippen LogP contribution in [0.25, 0.3) is 16.6 Å². The van der Waals surface area contributed by atoms with E-state index in [2.05, 4.69) is 0 Å². The molecule has 0 bridgehead atoms. The highest BCUT2D eigenvalue weighted by molar-refractivity contribution is 7.99. The van der Waals surface area contributed by atoms with Crippen molar-refractivity contribution in [2.45, 2.75) is 31.1 Å². The van der Waals surface area contributed by atoms with Crippen molar-refractivity contribution in [3.8, 4) is 5.69 Å². The number of hydrogen-bond donors (Lipinski definition) is 0. The summed E-state index contributed by atoms with van der Waals surface area (Å²) in [7, 11) is 1.33. The van der Waals surface area contributed by atoms with Crippen molar-refractivity contribution in [3.05, 3.63) is 99.8 Å². The van der Waals surface area contributed by atoms with E-state index in [1.807, 2.05) is 67.6 Å². The molecule has 4 aromatic rings. The number of fused-ring (bicyclic) bond motifs is 2. The number of amides is 1. The molecule has 1 atom stereocenters. The molecule has 36 heavy (non-hydrogen) atoms. The summed E-state index contributed by atoms with van der Waals surface area (Å²) in [4.78, 5) is 45.7. The standard InChI is InChI=1S/C28H25N3O4S/c1-18-11-13-21(14-12-18)31-26(33)22-9-5-6-10-23(22)29-28(31)36-17-25(32)30-16-20-8-4-3-7-19(20)15-24(30)27(34)35-2/h3-14,24H,15-17H2,1-2H3/t24-/m1/s1. The lowest BCUT2D eigenvalue weighted by Gasteiger charge is -2.35. The number of para-hydroxylation sites is 1. The van der Waals surface area contributed by atoms with Gasteiger partial charge in [0.25, 0.3) is 5.56 Å². The number of nitrogens with zero attached hydrogens (tertiary/aromatic N) is 3. The number of esters is 1. The van der Waals surface area contributed by atoms with Crippen LogP contribution in [0.1, 0.15) is 16.7 Å². The molecule has 0 unspecified atom stereocenters. The van der Waals surface area contributed by atoms with Crippen molar-refractivity contribution >= 4 is 34.5 Å². The Hall–Kier alpha value is -3.91. The van der Waals surface area contributed by atoms with Gasteiger partial charge in [-0.25, -0.2) is 9.78 Å². The second kappa shape index (κ2) is 9.99. The molecule has 8 heteroatoms. The van der Waals surface area contributed by atoms with Gasteiger partial charge in [-0.1, -0.05) is 65.9 Å². The number of aromatic nitrogens is 2. The first-order chi connectivity index (χ1) is 17.5. The van der Waals surface area contributed by atoms with Crippen LogP contribution >= 0.6 is 11.8 Å². The van der Waals surface area contributed by atoms with Gasteiger partial charge in [-0.15, -0.1) is 0 Å². The van der Waals surface area contributed by atoms with Crippen molar-refractivity contribution in [2.75, 3.05) is 12.9 Å². The molecule has 0 aliphatic carbocycles. The third-order valence-electron chi connectivity index (χ3n) is 6.40. The predicted octanol–water partition coefficient (Wildman–Crippen LogP) is 3.91. The molecule has 0 N–H and O–H groups in total. The molecule has 1 amide bonds. The van der Waals surface area contributed by atoms with Crippen LogP contribution in [0.15, 0.2) is 82.7 Å². The average Bonchev–Trinajstić information content (AvgIpc) is 2.91. The molecule has 0 radical (unpaired) electrons. The molecule has 1 aliphatic rings. The molecule has 1 aliphatic heterocycles. The van der Waals surface area contributed by atoms with E-state index < -0.39 is 12.0 Å². The Morgan fingerprint density at radius 3 is 2.44 bits per heavy atom. The zero-order valence-electron chi connectivity index (χ0n) is 20.0. The molecular formula is C28H25N3O4S. The summed E-state index contributed by atoms with van der Waals surface area (Å²) in [6.45, 7) is 2.30. The van der Waals surface area contributed by atoms with E-state index in [1.165, 1.54) is 18.9 Å². The number of carbonyl (C=O) groups excluding carboxylic acids is 2. The van der Waals surface area contributed by atoms with Gasteiger partial charge in [0.15, 0.2) is 5.16 Å². The Morgan fingerprint density at radius 2 is 1.69 bits per heavy atom. The van der Waals surface area contributed by atoms with Gasteiger partial charge in [0, 0.05) is 13.0 Å². The van der Waals surface area contributed by atoms with E-state index in [0.717, 1.165) is 16.7 Å². The van der Waals surface area contributed by atoms with Crippen LogP contribution in [0.4, 0.5) is 0 Å². The fraction of sp³-hybridized carbons (Fsp3) is 0.214. The maximum Gasteiger partial charge on any atom is 0.328 e. The summed E-state index contributed by atoms with van der Waals surface area (Å²) in [6.07, 6.45) is 0.404. The molecule has 3 aromatic carbocycles. The van der Waals surface area contributed by atoms with E-state index in [4.69, 9.17) is 9.72 Å². The van der Waals surface area contributed by atoms with Gasteiger partial charge in [-0.05, 0) is 42.3 Å². The van der Waals surface area contributed by atoms with E-state index in [9.17, 15) is 14.4 Å². The van der Waals surface area contributed by atoms with Gasteiger partial charge in [0.1, 0.15) is 6.04 Å². The van der Waals surface area contributed by atoms with Crippen LogP contribution in [0.5, 0.6) is 0 Å². The lowest BCUT2D eigenvalue weighted by molar-refractivity contribution is -0.153. The van der Waals surface area contributed by atoms with Gasteiger partial charge < -0.3 is 9.64 Å². The number of carbonyl (C=O) groups is 2. The topological polar surface area (TPSA) is 81.5 Å². The number of aryl methyl sites for hydroxylation is 1. The second-order valence-electron chi connectivity index (χ2n) is 8.71. The molecule has 0 fully saturated rings. The van der Waals surface area contributed by atoms with Crippen molar-refractivity contribution in [1.29, 1.82) is 0 Å². The lowest BCUT2D eigenvalue weighted by atomic mass is 9.94. The quantitative estimate of drug-likeness (QED) is 0.235. The van der Waals surface area contributed by atoms with Gasteiger partial charge in [-0.2, -0.15) is 0 Å². The predicted molar refractivity (Wildman–Crippen MR) is 139 cm³/mol. The molecule has 2 heterocycles. The van der Waals surface area contributed by atoms with Gasteiger partial charge >= 0.3 is 5.97 Å². The zero-order chi connectivity index (χ0) is 25.2. The highest BCUT2D eigenvalue weighted by Crippen LogP contribution is 2.27. The highest BCUT2D eigenvalue weighted by atomic mass is 32.2. The van der Waals surface area contributed by atoms with Crippen molar-refractivity contribution in [3.63, 3.8) is 0 Å². The first kappa shape index (κ1) is 23.8. The molecule has 0 saturated carbocycles. The minimum atomic E-state index is -0.693. The van der Waals surface area contributed by atoms with Crippen LogP contribution in [-0.2, 0) is 27.3 Å². The number of hydrogen-bond acceptors (Lipinski definition) is 6. The summed E-state index contributed by atoms with van der Waals surface area (Å²) in [5.74, 6) is -0.641. The van der Waals surface area contributed by atoms with E-state index in [1.54, 1.807) is 21.6 Å². The van der Waals surface area contributed by atoms with Gasteiger partial charge in [0.2, 0.25) is 5.91 Å². The summed E-state index contributed by atoms with van der Waals surface area (Å²) >= 11 is 1.19. The average molecular weight is 500 g/mol. The first-order valence-electron chi connectivity index (χ1n) is 11.6. The third-order valence-corrected chi connectivity index (χ3v) is 7.33. The molecule has 7 nitrogen and oxygen atoms in total. The molecule has 182 valence electrons. The first-order valence-corrected chi connectivity index (χ1v) is 12.6. The molecule has 1 aromatic heterocycles. The van der Waals surface area contributed by atoms with Crippen LogP contribution < -0.4 is 5.56 Å². The van der Waals surface area contributed by atoms with Crippen molar-refractivity contribution in [2.24, 2.45) is 0 Å². The molecule has 0 saturated heterocycles. The Morgan fingerprint density at radius 1 is 1.00 bits per heavy atom. The maximum atomic E-state index is 13.5.